The first-order chi connectivity index (χ1) is 12.2. The standard InChI is InChI=1S/C20H30N2O2S/c1-2-3-4-5-6-7-8-9-10-13-16-21-20(24)22-19(23)17-14-11-12-15-18(17)25-22/h11-12,14-15H,2-10,13,16H2,1H3,(H,21,24). The Morgan fingerprint density at radius 1 is 0.960 bits per heavy atom. The molecule has 0 radical (unpaired) electrons. The van der Waals surface area contributed by atoms with Gasteiger partial charge in [0.2, 0.25) is 0 Å². The predicted molar refractivity (Wildman–Crippen MR) is 107 cm³/mol. The molecule has 138 valence electrons. The number of nitrogens with zero attached hydrogens (tertiary/aromatic N) is 1. The second-order valence-electron chi connectivity index (χ2n) is 6.60. The molecule has 4 nitrogen and oxygen atoms in total. The average Bonchev–Trinajstić information content (AvgIpc) is 2.97. The molecule has 1 amide bonds. The van der Waals surface area contributed by atoms with E-state index in [1.54, 1.807) is 6.07 Å². The molecule has 2 rings (SSSR count). The molecule has 0 bridgehead atoms. The van der Waals surface area contributed by atoms with Crippen molar-refractivity contribution in [2.75, 3.05) is 6.54 Å². The highest BCUT2D eigenvalue weighted by molar-refractivity contribution is 7.14. The van der Waals surface area contributed by atoms with Gasteiger partial charge in [-0.25, -0.2) is 4.79 Å². The largest absolute Gasteiger partial charge is 0.338 e. The van der Waals surface area contributed by atoms with Crippen molar-refractivity contribution in [2.45, 2.75) is 71.1 Å². The lowest BCUT2D eigenvalue weighted by Gasteiger charge is -2.05. The van der Waals surface area contributed by atoms with Crippen molar-refractivity contribution in [2.24, 2.45) is 0 Å². The Morgan fingerprint density at radius 3 is 2.20 bits per heavy atom. The van der Waals surface area contributed by atoms with Crippen molar-refractivity contribution in [3.05, 3.63) is 34.6 Å². The van der Waals surface area contributed by atoms with Crippen molar-refractivity contribution in [1.82, 2.24) is 9.27 Å². The van der Waals surface area contributed by atoms with Crippen LogP contribution in [0, 0.1) is 0 Å². The fourth-order valence-electron chi connectivity index (χ4n) is 2.99. The fourth-order valence-corrected chi connectivity index (χ4v) is 3.90. The lowest BCUT2D eigenvalue weighted by Crippen LogP contribution is -2.33. The maximum atomic E-state index is 12.2. The Kier molecular flexibility index (Phi) is 8.73. The van der Waals surface area contributed by atoms with Crippen LogP contribution in [0.4, 0.5) is 4.79 Å². The molecule has 1 heterocycles. The summed E-state index contributed by atoms with van der Waals surface area (Å²) in [6.07, 6.45) is 12.7. The quantitative estimate of drug-likeness (QED) is 0.533. The molecular weight excluding hydrogens is 332 g/mol. The smallest absolute Gasteiger partial charge is 0.337 e. The van der Waals surface area contributed by atoms with Crippen LogP contribution in [0.25, 0.3) is 10.1 Å². The number of benzene rings is 1. The monoisotopic (exact) mass is 362 g/mol. The molecule has 0 spiro atoms. The van der Waals surface area contributed by atoms with Gasteiger partial charge in [-0.05, 0) is 30.1 Å². The molecular formula is C20H30N2O2S. The summed E-state index contributed by atoms with van der Waals surface area (Å²) in [6, 6.07) is 7.03. The van der Waals surface area contributed by atoms with E-state index in [0.29, 0.717) is 11.9 Å². The number of fused-ring (bicyclic) bond motifs is 1. The second-order valence-corrected chi connectivity index (χ2v) is 7.59. The zero-order valence-electron chi connectivity index (χ0n) is 15.3. The summed E-state index contributed by atoms with van der Waals surface area (Å²) in [5, 5.41) is 3.47. The lowest BCUT2D eigenvalue weighted by molar-refractivity contribution is 0.243. The zero-order valence-corrected chi connectivity index (χ0v) is 16.1. The minimum absolute atomic E-state index is 0.221. The zero-order chi connectivity index (χ0) is 17.9. The van der Waals surface area contributed by atoms with Gasteiger partial charge in [0.05, 0.1) is 10.1 Å². The summed E-state index contributed by atoms with van der Waals surface area (Å²) < 4.78 is 2.07. The van der Waals surface area contributed by atoms with Crippen LogP contribution >= 0.6 is 11.5 Å². The molecule has 25 heavy (non-hydrogen) atoms. The van der Waals surface area contributed by atoms with Crippen LogP contribution < -0.4 is 10.9 Å². The van der Waals surface area contributed by atoms with Gasteiger partial charge >= 0.3 is 6.03 Å². The van der Waals surface area contributed by atoms with E-state index in [4.69, 9.17) is 0 Å². The predicted octanol–water partition coefficient (Wildman–Crippen LogP) is 5.54. The number of rotatable bonds is 11. The van der Waals surface area contributed by atoms with Gasteiger partial charge in [-0.3, -0.25) is 4.79 Å². The van der Waals surface area contributed by atoms with Crippen LogP contribution in [0.5, 0.6) is 0 Å². The summed E-state index contributed by atoms with van der Waals surface area (Å²) >= 11 is 1.21. The molecule has 0 atom stereocenters. The van der Waals surface area contributed by atoms with Gasteiger partial charge in [-0.1, -0.05) is 76.8 Å². The van der Waals surface area contributed by atoms with Gasteiger partial charge < -0.3 is 5.32 Å². The second kappa shape index (κ2) is 11.1. The number of carbonyl (C=O) groups excluding carboxylic acids is 1. The van der Waals surface area contributed by atoms with Crippen LogP contribution in [-0.4, -0.2) is 16.5 Å². The summed E-state index contributed by atoms with van der Waals surface area (Å²) in [5.74, 6) is 0. The Hall–Kier alpha value is -1.62. The Morgan fingerprint density at radius 2 is 1.56 bits per heavy atom. The van der Waals surface area contributed by atoms with Crippen LogP contribution in [0.3, 0.4) is 0 Å². The summed E-state index contributed by atoms with van der Waals surface area (Å²) in [6.45, 7) is 2.88. The minimum Gasteiger partial charge on any atom is -0.337 e. The van der Waals surface area contributed by atoms with Gasteiger partial charge in [-0.15, -0.1) is 0 Å². The molecule has 0 aliphatic rings. The van der Waals surface area contributed by atoms with Gasteiger partial charge in [0.15, 0.2) is 0 Å². The third-order valence-electron chi connectivity index (χ3n) is 4.48. The highest BCUT2D eigenvalue weighted by Crippen LogP contribution is 2.15. The van der Waals surface area contributed by atoms with E-state index in [9.17, 15) is 9.59 Å². The van der Waals surface area contributed by atoms with E-state index < -0.39 is 0 Å². The van der Waals surface area contributed by atoms with Crippen molar-refractivity contribution < 1.29 is 4.79 Å². The number of nitrogens with one attached hydrogen (secondary N) is 1. The van der Waals surface area contributed by atoms with E-state index >= 15 is 0 Å². The van der Waals surface area contributed by atoms with Gasteiger partial charge in [-0.2, -0.15) is 3.96 Å². The van der Waals surface area contributed by atoms with E-state index in [-0.39, 0.29) is 11.6 Å². The lowest BCUT2D eigenvalue weighted by atomic mass is 10.1. The number of amides is 1. The number of hydrogen-bond acceptors (Lipinski definition) is 3. The molecule has 1 N–H and O–H groups in total. The van der Waals surface area contributed by atoms with E-state index in [2.05, 4.69) is 12.2 Å². The first kappa shape index (κ1) is 19.7. The SMILES string of the molecule is CCCCCCCCCCCCNC(=O)n1sc2ccccc2c1=O. The molecule has 2 aromatic rings. The van der Waals surface area contributed by atoms with Crippen LogP contribution in [0.2, 0.25) is 0 Å². The molecule has 0 fully saturated rings. The first-order valence-electron chi connectivity index (χ1n) is 9.63. The van der Waals surface area contributed by atoms with Crippen molar-refractivity contribution in [3.63, 3.8) is 0 Å². The first-order valence-corrected chi connectivity index (χ1v) is 10.4. The number of aromatic nitrogens is 1. The molecule has 5 heteroatoms. The van der Waals surface area contributed by atoms with E-state index in [0.717, 1.165) is 17.5 Å². The highest BCUT2D eigenvalue weighted by atomic mass is 32.1. The molecule has 0 saturated heterocycles. The average molecular weight is 363 g/mol. The van der Waals surface area contributed by atoms with Gasteiger partial charge in [0, 0.05) is 6.54 Å². The topological polar surface area (TPSA) is 51.1 Å². The molecule has 1 aromatic heterocycles. The molecule has 0 aliphatic heterocycles. The minimum atomic E-state index is -0.304. The third kappa shape index (κ3) is 6.31. The normalized spacial score (nSPS) is 11.1. The van der Waals surface area contributed by atoms with Crippen LogP contribution in [0.1, 0.15) is 71.1 Å². The number of carbonyl (C=O) groups is 1. The molecule has 0 aliphatic carbocycles. The summed E-state index contributed by atoms with van der Waals surface area (Å²) in [5.41, 5.74) is -0.221. The fraction of sp³-hybridized carbons (Fsp3) is 0.600. The summed E-state index contributed by atoms with van der Waals surface area (Å²) in [4.78, 5) is 24.3. The molecule has 0 saturated carbocycles. The maximum absolute atomic E-state index is 12.2. The Balaban J connectivity index is 1.58. The maximum Gasteiger partial charge on any atom is 0.338 e. The van der Waals surface area contributed by atoms with Crippen molar-refractivity contribution in [1.29, 1.82) is 0 Å². The number of hydrogen-bond donors (Lipinski definition) is 1. The summed E-state index contributed by atoms with van der Waals surface area (Å²) in [7, 11) is 0. The van der Waals surface area contributed by atoms with Crippen molar-refractivity contribution in [3.8, 4) is 0 Å². The van der Waals surface area contributed by atoms with E-state index in [1.807, 2.05) is 18.2 Å². The molecule has 0 unspecified atom stereocenters. The Labute approximate surface area is 154 Å². The van der Waals surface area contributed by atoms with Gasteiger partial charge in [0.25, 0.3) is 5.56 Å². The Bertz CT molecular complexity index is 705. The number of unbranched alkanes of at least 4 members (excludes halogenated alkanes) is 9. The highest BCUT2D eigenvalue weighted by Gasteiger charge is 2.12. The van der Waals surface area contributed by atoms with Crippen LogP contribution in [0.15, 0.2) is 29.1 Å². The molecule has 1 aromatic carbocycles. The van der Waals surface area contributed by atoms with Gasteiger partial charge in [0.1, 0.15) is 0 Å². The van der Waals surface area contributed by atoms with Crippen LogP contribution in [-0.2, 0) is 0 Å². The van der Waals surface area contributed by atoms with Crippen molar-refractivity contribution >= 4 is 27.6 Å². The third-order valence-corrected chi connectivity index (χ3v) is 5.55. The van der Waals surface area contributed by atoms with E-state index in [1.165, 1.54) is 66.9 Å².